The minimum absolute atomic E-state index is 0. The summed E-state index contributed by atoms with van der Waals surface area (Å²) in [6.45, 7) is 12.6. The highest BCUT2D eigenvalue weighted by Crippen LogP contribution is 2.49. The van der Waals surface area contributed by atoms with E-state index in [4.69, 9.17) is 0 Å². The topological polar surface area (TPSA) is 0 Å². The van der Waals surface area contributed by atoms with Crippen LogP contribution in [0.1, 0.15) is 89.0 Å². The van der Waals surface area contributed by atoms with Crippen molar-refractivity contribution in [2.45, 2.75) is 89.0 Å². The van der Waals surface area contributed by atoms with Crippen LogP contribution in [0.2, 0.25) is 0 Å². The van der Waals surface area contributed by atoms with Gasteiger partial charge in [-0.3, -0.25) is 0 Å². The zero-order valence-electron chi connectivity index (χ0n) is 12.6. The van der Waals surface area contributed by atoms with Crippen molar-refractivity contribution >= 4 is 0 Å². The molecule has 0 aromatic heterocycles. The van der Waals surface area contributed by atoms with E-state index in [0.29, 0.717) is 0 Å². The minimum atomic E-state index is 0. The fourth-order valence-corrected chi connectivity index (χ4v) is 5.47. The maximum absolute atomic E-state index is 2.53. The van der Waals surface area contributed by atoms with Crippen LogP contribution in [0.4, 0.5) is 0 Å². The zero-order valence-corrected chi connectivity index (χ0v) is 12.6. The summed E-state index contributed by atoms with van der Waals surface area (Å²) in [6.07, 6.45) is 7.40. The molecule has 4 unspecified atom stereocenters. The molecule has 0 aromatic carbocycles. The summed E-state index contributed by atoms with van der Waals surface area (Å²) in [7, 11) is 0. The summed E-state index contributed by atoms with van der Waals surface area (Å²) in [5, 5.41) is 0. The summed E-state index contributed by atoms with van der Waals surface area (Å²) in [4.78, 5) is 0. The fraction of sp³-hybridized carbons (Fsp3) is 1.00. The van der Waals surface area contributed by atoms with Gasteiger partial charge in [-0.2, -0.15) is 0 Å². The van der Waals surface area contributed by atoms with Crippen molar-refractivity contribution < 1.29 is 0 Å². The van der Waals surface area contributed by atoms with E-state index in [1.54, 1.807) is 0 Å². The third kappa shape index (κ3) is 4.50. The average molecular weight is 285 g/mol. The van der Waals surface area contributed by atoms with E-state index in [0.717, 1.165) is 41.4 Å². The Morgan fingerprint density at radius 3 is 1.30 bits per heavy atom. The molecular weight excluding hydrogens is 240 g/mol. The van der Waals surface area contributed by atoms with Gasteiger partial charge >= 0.3 is 0 Å². The number of rotatable bonds is 1. The minimum Gasteiger partial charge on any atom is -0.0776 e. The Hall–Kier alpha value is 0. The fourth-order valence-electron chi connectivity index (χ4n) is 5.47. The van der Waals surface area contributed by atoms with Gasteiger partial charge in [0.05, 0.1) is 0 Å². The van der Waals surface area contributed by atoms with E-state index in [2.05, 4.69) is 34.6 Å². The first kappa shape index (κ1) is 22.3. The molecule has 0 bridgehead atoms. The molecule has 0 aliphatic heterocycles. The van der Waals surface area contributed by atoms with Crippen LogP contribution < -0.4 is 0 Å². The molecule has 2 fully saturated rings. The van der Waals surface area contributed by atoms with Gasteiger partial charge < -0.3 is 0 Å². The predicted molar refractivity (Wildman–Crippen MR) is 96.1 cm³/mol. The summed E-state index contributed by atoms with van der Waals surface area (Å²) in [5.41, 5.74) is 0. The van der Waals surface area contributed by atoms with Crippen LogP contribution in [0.15, 0.2) is 0 Å². The van der Waals surface area contributed by atoms with Crippen molar-refractivity contribution in [2.24, 2.45) is 41.4 Å². The highest BCUT2D eigenvalue weighted by Gasteiger charge is 2.41. The molecule has 0 radical (unpaired) electrons. The van der Waals surface area contributed by atoms with Crippen molar-refractivity contribution in [1.29, 1.82) is 0 Å². The van der Waals surface area contributed by atoms with Crippen LogP contribution in [-0.2, 0) is 0 Å². The van der Waals surface area contributed by atoms with Gasteiger partial charge in [0.15, 0.2) is 0 Å². The van der Waals surface area contributed by atoms with Crippen LogP contribution in [0.5, 0.6) is 0 Å². The standard InChI is InChI=1S/C17H32.3CH4/c1-11-9-14(4)17(15(5)10-11)16-12(2)7-6-8-13(16)3;;;/h11-17H,6-10H2,1-5H3;3*1H4. The summed E-state index contributed by atoms with van der Waals surface area (Å²) in [5.74, 6) is 6.86. The van der Waals surface area contributed by atoms with Crippen molar-refractivity contribution in [2.75, 3.05) is 0 Å². The van der Waals surface area contributed by atoms with Crippen molar-refractivity contribution in [3.05, 3.63) is 0 Å². The quantitative estimate of drug-likeness (QED) is 0.474. The maximum Gasteiger partial charge on any atom is -0.0329 e. The Labute approximate surface area is 131 Å². The molecule has 0 spiro atoms. The van der Waals surface area contributed by atoms with E-state index >= 15 is 0 Å². The molecule has 0 saturated heterocycles. The van der Waals surface area contributed by atoms with Gasteiger partial charge in [0.2, 0.25) is 0 Å². The van der Waals surface area contributed by atoms with E-state index in [-0.39, 0.29) is 22.3 Å². The largest absolute Gasteiger partial charge is 0.0776 e. The third-order valence-corrected chi connectivity index (χ3v) is 5.94. The monoisotopic (exact) mass is 284 g/mol. The Balaban J connectivity index is 0. The van der Waals surface area contributed by atoms with Crippen LogP contribution in [0.25, 0.3) is 0 Å². The summed E-state index contributed by atoms with van der Waals surface area (Å²) in [6, 6.07) is 0. The molecule has 2 rings (SSSR count). The molecule has 2 aliphatic carbocycles. The lowest BCUT2D eigenvalue weighted by molar-refractivity contribution is 0.00652. The van der Waals surface area contributed by atoms with Crippen LogP contribution >= 0.6 is 0 Å². The second-order valence-electron chi connectivity index (χ2n) is 7.57. The lowest BCUT2D eigenvalue weighted by atomic mass is 9.57. The molecule has 2 saturated carbocycles. The normalized spacial score (nSPS) is 44.5. The molecule has 124 valence electrons. The Kier molecular flexibility index (Phi) is 10.1. The van der Waals surface area contributed by atoms with Gasteiger partial charge in [-0.05, 0) is 54.3 Å². The first-order chi connectivity index (χ1) is 8.00. The van der Waals surface area contributed by atoms with Gasteiger partial charge in [-0.25, -0.2) is 0 Å². The van der Waals surface area contributed by atoms with E-state index in [1.807, 2.05) is 0 Å². The van der Waals surface area contributed by atoms with E-state index < -0.39 is 0 Å². The summed E-state index contributed by atoms with van der Waals surface area (Å²) < 4.78 is 0. The van der Waals surface area contributed by atoms with E-state index in [1.165, 1.54) is 32.1 Å². The van der Waals surface area contributed by atoms with E-state index in [9.17, 15) is 0 Å². The third-order valence-electron chi connectivity index (χ3n) is 5.94. The lowest BCUT2D eigenvalue weighted by Crippen LogP contribution is -2.41. The van der Waals surface area contributed by atoms with Gasteiger partial charge in [0.25, 0.3) is 0 Å². The average Bonchev–Trinajstić information content (AvgIpc) is 2.21. The molecule has 0 aromatic rings. The molecule has 0 heteroatoms. The molecular formula is C20H44. The predicted octanol–water partition coefficient (Wildman–Crippen LogP) is 7.29. The Bertz CT molecular complexity index is 222. The van der Waals surface area contributed by atoms with Gasteiger partial charge in [-0.1, -0.05) is 76.2 Å². The number of hydrogen-bond donors (Lipinski definition) is 0. The second kappa shape index (κ2) is 9.11. The smallest absolute Gasteiger partial charge is 0.0329 e. The highest BCUT2D eigenvalue weighted by atomic mass is 14.5. The van der Waals surface area contributed by atoms with Crippen molar-refractivity contribution in [3.63, 3.8) is 0 Å². The SMILES string of the molecule is C.C.C.CC1CC(C)C(C2C(C)CCCC2C)C(C)C1. The Morgan fingerprint density at radius 2 is 0.900 bits per heavy atom. The van der Waals surface area contributed by atoms with Gasteiger partial charge in [-0.15, -0.1) is 0 Å². The van der Waals surface area contributed by atoms with Crippen LogP contribution in [0, 0.1) is 41.4 Å². The second-order valence-corrected chi connectivity index (χ2v) is 7.57. The zero-order chi connectivity index (χ0) is 12.6. The molecule has 4 atom stereocenters. The molecule has 0 heterocycles. The Morgan fingerprint density at radius 1 is 0.550 bits per heavy atom. The summed E-state index contributed by atoms with van der Waals surface area (Å²) >= 11 is 0. The lowest BCUT2D eigenvalue weighted by Gasteiger charge is -2.48. The van der Waals surface area contributed by atoms with Crippen LogP contribution in [0.3, 0.4) is 0 Å². The van der Waals surface area contributed by atoms with Crippen LogP contribution in [-0.4, -0.2) is 0 Å². The van der Waals surface area contributed by atoms with Gasteiger partial charge in [0.1, 0.15) is 0 Å². The number of hydrogen-bond acceptors (Lipinski definition) is 0. The molecule has 0 amide bonds. The maximum atomic E-state index is 2.53. The molecule has 20 heavy (non-hydrogen) atoms. The van der Waals surface area contributed by atoms with Gasteiger partial charge in [0, 0.05) is 0 Å². The first-order valence-electron chi connectivity index (χ1n) is 8.00. The van der Waals surface area contributed by atoms with Crippen molar-refractivity contribution in [1.82, 2.24) is 0 Å². The van der Waals surface area contributed by atoms with Crippen molar-refractivity contribution in [3.8, 4) is 0 Å². The highest BCUT2D eigenvalue weighted by molar-refractivity contribution is 4.91. The first-order valence-corrected chi connectivity index (χ1v) is 8.00. The molecule has 0 N–H and O–H groups in total. The molecule has 2 aliphatic rings. The molecule has 0 nitrogen and oxygen atoms in total.